The maximum atomic E-state index is 4.41. The molecule has 0 aliphatic carbocycles. The van der Waals surface area contributed by atoms with Gasteiger partial charge in [0.15, 0.2) is 0 Å². The molecule has 1 heterocycles. The molecular formula is C16H21N3. The van der Waals surface area contributed by atoms with Crippen LogP contribution in [0.1, 0.15) is 30.7 Å². The van der Waals surface area contributed by atoms with E-state index in [-0.39, 0.29) is 5.41 Å². The number of aryl methyl sites for hydroxylation is 2. The van der Waals surface area contributed by atoms with Gasteiger partial charge in [-0.15, -0.1) is 0 Å². The summed E-state index contributed by atoms with van der Waals surface area (Å²) >= 11 is 0. The van der Waals surface area contributed by atoms with Gasteiger partial charge in [-0.2, -0.15) is 0 Å². The summed E-state index contributed by atoms with van der Waals surface area (Å²) < 4.78 is 0. The second-order valence-corrected chi connectivity index (χ2v) is 5.65. The Labute approximate surface area is 115 Å². The average molecular weight is 255 g/mol. The van der Waals surface area contributed by atoms with Crippen LogP contribution in [0.25, 0.3) is 0 Å². The van der Waals surface area contributed by atoms with Gasteiger partial charge in [-0.3, -0.25) is 4.98 Å². The molecule has 0 unspecified atom stereocenters. The molecule has 0 atom stereocenters. The van der Waals surface area contributed by atoms with E-state index in [4.69, 9.17) is 0 Å². The van der Waals surface area contributed by atoms with Crippen molar-refractivity contribution in [1.29, 1.82) is 0 Å². The van der Waals surface area contributed by atoms with E-state index in [2.05, 4.69) is 60.3 Å². The summed E-state index contributed by atoms with van der Waals surface area (Å²) in [6, 6.07) is 8.65. The van der Waals surface area contributed by atoms with E-state index in [1.165, 1.54) is 11.1 Å². The Morgan fingerprint density at radius 3 is 2.63 bits per heavy atom. The smallest absolute Gasteiger partial charge is 0.144 e. The van der Waals surface area contributed by atoms with Crippen molar-refractivity contribution < 1.29 is 0 Å². The van der Waals surface area contributed by atoms with Crippen molar-refractivity contribution in [1.82, 2.24) is 9.97 Å². The Morgan fingerprint density at radius 2 is 1.95 bits per heavy atom. The third-order valence-corrected chi connectivity index (χ3v) is 3.27. The first kappa shape index (κ1) is 13.5. The van der Waals surface area contributed by atoms with Crippen molar-refractivity contribution >= 4 is 5.82 Å². The lowest BCUT2D eigenvalue weighted by molar-refractivity contribution is 0.555. The molecule has 19 heavy (non-hydrogen) atoms. The monoisotopic (exact) mass is 255 g/mol. The molecule has 3 heteroatoms. The van der Waals surface area contributed by atoms with Crippen molar-refractivity contribution in [2.24, 2.45) is 0 Å². The van der Waals surface area contributed by atoms with Crippen LogP contribution in [0.4, 0.5) is 5.82 Å². The molecule has 2 aromatic rings. The van der Waals surface area contributed by atoms with Crippen LogP contribution >= 0.6 is 0 Å². The fraction of sp³-hybridized carbons (Fsp3) is 0.375. The maximum Gasteiger partial charge on any atom is 0.144 e. The third kappa shape index (κ3) is 3.53. The first-order chi connectivity index (χ1) is 8.97. The van der Waals surface area contributed by atoms with Gasteiger partial charge in [0.05, 0.1) is 11.9 Å². The number of hydrogen-bond donors (Lipinski definition) is 1. The molecule has 0 fully saturated rings. The summed E-state index contributed by atoms with van der Waals surface area (Å²) in [4.78, 5) is 8.56. The minimum Gasteiger partial charge on any atom is -0.368 e. The highest BCUT2D eigenvalue weighted by Gasteiger charge is 2.20. The van der Waals surface area contributed by atoms with E-state index in [0.717, 1.165) is 18.1 Å². The van der Waals surface area contributed by atoms with Gasteiger partial charge in [0, 0.05) is 18.2 Å². The summed E-state index contributed by atoms with van der Waals surface area (Å²) in [5, 5.41) is 3.37. The van der Waals surface area contributed by atoms with Crippen molar-refractivity contribution in [2.75, 3.05) is 11.9 Å². The molecule has 0 bridgehead atoms. The highest BCUT2D eigenvalue weighted by atomic mass is 15.0. The zero-order valence-corrected chi connectivity index (χ0v) is 12.1. The average Bonchev–Trinajstić information content (AvgIpc) is 2.37. The van der Waals surface area contributed by atoms with Crippen molar-refractivity contribution in [3.63, 3.8) is 0 Å². The Morgan fingerprint density at radius 1 is 1.16 bits per heavy atom. The quantitative estimate of drug-likeness (QED) is 0.909. The predicted octanol–water partition coefficient (Wildman–Crippen LogP) is 3.48. The van der Waals surface area contributed by atoms with Crippen molar-refractivity contribution in [3.05, 3.63) is 53.5 Å². The van der Waals surface area contributed by atoms with Crippen molar-refractivity contribution in [2.45, 2.75) is 33.1 Å². The molecular weight excluding hydrogens is 234 g/mol. The summed E-state index contributed by atoms with van der Waals surface area (Å²) in [5.74, 6) is 0.834. The molecule has 1 aromatic carbocycles. The lowest BCUT2D eigenvalue weighted by atomic mass is 9.84. The van der Waals surface area contributed by atoms with Crippen LogP contribution in [-0.2, 0) is 5.41 Å². The summed E-state index contributed by atoms with van der Waals surface area (Å²) in [7, 11) is 0. The molecule has 2 rings (SSSR count). The van der Waals surface area contributed by atoms with E-state index in [0.29, 0.717) is 0 Å². The van der Waals surface area contributed by atoms with Gasteiger partial charge < -0.3 is 5.32 Å². The standard InChI is InChI=1S/C16H21N3/c1-12-6-5-7-14(8-12)16(3,4)11-18-15-10-17-9-13(2)19-15/h5-10H,11H2,1-4H3,(H,18,19). The van der Waals surface area contributed by atoms with Crippen LogP contribution in [0.2, 0.25) is 0 Å². The molecule has 0 aliphatic rings. The number of nitrogens with one attached hydrogen (secondary N) is 1. The summed E-state index contributed by atoms with van der Waals surface area (Å²) in [6.07, 6.45) is 3.52. The number of anilines is 1. The molecule has 0 aliphatic heterocycles. The first-order valence-corrected chi connectivity index (χ1v) is 6.57. The minimum atomic E-state index is 0.0530. The second kappa shape index (κ2) is 5.39. The molecule has 1 aromatic heterocycles. The molecule has 0 saturated carbocycles. The Hall–Kier alpha value is -1.90. The number of nitrogens with zero attached hydrogens (tertiary/aromatic N) is 2. The largest absolute Gasteiger partial charge is 0.368 e. The fourth-order valence-corrected chi connectivity index (χ4v) is 2.03. The SMILES string of the molecule is Cc1cccc(C(C)(C)CNc2cncc(C)n2)c1. The van der Waals surface area contributed by atoms with Gasteiger partial charge in [-0.05, 0) is 19.4 Å². The van der Waals surface area contributed by atoms with E-state index in [9.17, 15) is 0 Å². The Kier molecular flexibility index (Phi) is 3.84. The normalized spacial score (nSPS) is 11.4. The molecule has 0 amide bonds. The third-order valence-electron chi connectivity index (χ3n) is 3.27. The fourth-order valence-electron chi connectivity index (χ4n) is 2.03. The van der Waals surface area contributed by atoms with Gasteiger partial charge in [0.2, 0.25) is 0 Å². The molecule has 1 N–H and O–H groups in total. The molecule has 100 valence electrons. The number of rotatable bonds is 4. The summed E-state index contributed by atoms with van der Waals surface area (Å²) in [5.41, 5.74) is 3.61. The van der Waals surface area contributed by atoms with Gasteiger partial charge in [-0.1, -0.05) is 43.7 Å². The Balaban J connectivity index is 2.09. The van der Waals surface area contributed by atoms with Crippen LogP contribution < -0.4 is 5.32 Å². The molecule has 0 saturated heterocycles. The molecule has 3 nitrogen and oxygen atoms in total. The van der Waals surface area contributed by atoms with Crippen molar-refractivity contribution in [3.8, 4) is 0 Å². The first-order valence-electron chi connectivity index (χ1n) is 6.57. The number of benzene rings is 1. The van der Waals surface area contributed by atoms with Crippen LogP contribution in [0.5, 0.6) is 0 Å². The zero-order valence-electron chi connectivity index (χ0n) is 12.1. The van der Waals surface area contributed by atoms with Crippen LogP contribution in [0.15, 0.2) is 36.7 Å². The van der Waals surface area contributed by atoms with Crippen LogP contribution in [0.3, 0.4) is 0 Å². The Bertz CT molecular complexity index is 561. The van der Waals surface area contributed by atoms with Gasteiger partial charge in [0.1, 0.15) is 5.82 Å². The van der Waals surface area contributed by atoms with Crippen LogP contribution in [0, 0.1) is 13.8 Å². The van der Waals surface area contributed by atoms with E-state index in [1.54, 1.807) is 12.4 Å². The minimum absolute atomic E-state index is 0.0530. The lowest BCUT2D eigenvalue weighted by Crippen LogP contribution is -2.28. The van der Waals surface area contributed by atoms with E-state index in [1.807, 2.05) is 6.92 Å². The molecule has 0 radical (unpaired) electrons. The van der Waals surface area contributed by atoms with E-state index < -0.39 is 0 Å². The molecule has 0 spiro atoms. The number of hydrogen-bond acceptors (Lipinski definition) is 3. The number of aromatic nitrogens is 2. The van der Waals surface area contributed by atoms with Gasteiger partial charge >= 0.3 is 0 Å². The van der Waals surface area contributed by atoms with Crippen LogP contribution in [-0.4, -0.2) is 16.5 Å². The van der Waals surface area contributed by atoms with Gasteiger partial charge in [-0.25, -0.2) is 4.98 Å². The predicted molar refractivity (Wildman–Crippen MR) is 79.5 cm³/mol. The van der Waals surface area contributed by atoms with E-state index >= 15 is 0 Å². The zero-order chi connectivity index (χ0) is 13.9. The summed E-state index contributed by atoms with van der Waals surface area (Å²) in [6.45, 7) is 9.37. The second-order valence-electron chi connectivity index (χ2n) is 5.65. The highest BCUT2D eigenvalue weighted by Crippen LogP contribution is 2.24. The highest BCUT2D eigenvalue weighted by molar-refractivity contribution is 5.35. The lowest BCUT2D eigenvalue weighted by Gasteiger charge is -2.26. The topological polar surface area (TPSA) is 37.8 Å². The van der Waals surface area contributed by atoms with Gasteiger partial charge in [0.25, 0.3) is 0 Å². The maximum absolute atomic E-state index is 4.41.